The van der Waals surface area contributed by atoms with E-state index < -0.39 is 27.0 Å². The second kappa shape index (κ2) is 9.08. The van der Waals surface area contributed by atoms with Crippen molar-refractivity contribution < 1.29 is 41.1 Å². The van der Waals surface area contributed by atoms with Crippen molar-refractivity contribution in [3.8, 4) is 11.5 Å². The van der Waals surface area contributed by atoms with E-state index >= 15 is 0 Å². The third kappa shape index (κ3) is 8.93. The molecule has 0 aliphatic rings. The maximum atomic E-state index is 11.7. The summed E-state index contributed by atoms with van der Waals surface area (Å²) in [5, 5.41) is 3.53. The number of ether oxygens (including phenoxy) is 2. The molecular formula is C13H18O9S2. The van der Waals surface area contributed by atoms with E-state index in [9.17, 15) is 13.2 Å². The van der Waals surface area contributed by atoms with Gasteiger partial charge in [-0.3, -0.25) is 0 Å². The summed E-state index contributed by atoms with van der Waals surface area (Å²) in [5.74, 6) is 0.222. The van der Waals surface area contributed by atoms with Gasteiger partial charge in [0.2, 0.25) is 0 Å². The lowest BCUT2D eigenvalue weighted by Gasteiger charge is -2.18. The quantitative estimate of drug-likeness (QED) is 0.127. The summed E-state index contributed by atoms with van der Waals surface area (Å²) in [6, 6.07) is 5.39. The highest BCUT2D eigenvalue weighted by atomic mass is 32.3. The van der Waals surface area contributed by atoms with E-state index in [-0.39, 0.29) is 11.5 Å². The standard InChI is InChI=1S/C13H18O9S2/c1-13(2,3)19-12(14)18-10-5-7-11(8-6-10)20-24(15,16)9-23-22-21-17-4/h5-8H,9H2,1-4H3. The molecule has 1 aromatic rings. The van der Waals surface area contributed by atoms with E-state index in [0.717, 1.165) is 0 Å². The van der Waals surface area contributed by atoms with E-state index in [1.807, 2.05) is 0 Å². The smallest absolute Gasteiger partial charge is 0.428 e. The van der Waals surface area contributed by atoms with E-state index in [1.54, 1.807) is 20.8 Å². The zero-order valence-electron chi connectivity index (χ0n) is 13.5. The molecule has 24 heavy (non-hydrogen) atoms. The molecule has 0 unspecified atom stereocenters. The maximum Gasteiger partial charge on any atom is 0.514 e. The molecule has 0 heterocycles. The lowest BCUT2D eigenvalue weighted by Crippen LogP contribution is -2.25. The topological polar surface area (TPSA) is 107 Å². The van der Waals surface area contributed by atoms with Crippen LogP contribution in [0.15, 0.2) is 24.3 Å². The van der Waals surface area contributed by atoms with Crippen molar-refractivity contribution in [1.82, 2.24) is 0 Å². The SMILES string of the molecule is COOOSCS(=O)(=O)Oc1ccc(OC(=O)OC(C)(C)C)cc1. The monoisotopic (exact) mass is 382 g/mol. The average molecular weight is 382 g/mol. The van der Waals surface area contributed by atoms with Gasteiger partial charge in [0.15, 0.2) is 5.08 Å². The summed E-state index contributed by atoms with van der Waals surface area (Å²) < 4.78 is 42.4. The molecular weight excluding hydrogens is 364 g/mol. The van der Waals surface area contributed by atoms with Crippen molar-refractivity contribution in [2.75, 3.05) is 12.2 Å². The van der Waals surface area contributed by atoms with Crippen molar-refractivity contribution in [3.05, 3.63) is 24.3 Å². The zero-order valence-corrected chi connectivity index (χ0v) is 15.1. The van der Waals surface area contributed by atoms with E-state index in [0.29, 0.717) is 12.0 Å². The molecule has 9 nitrogen and oxygen atoms in total. The molecule has 0 saturated heterocycles. The summed E-state index contributed by atoms with van der Waals surface area (Å²) in [5.41, 5.74) is -0.680. The Bertz CT molecular complexity index is 620. The number of hydrogen-bond donors (Lipinski definition) is 0. The molecule has 0 saturated carbocycles. The minimum atomic E-state index is -3.91. The molecule has 0 radical (unpaired) electrons. The predicted molar refractivity (Wildman–Crippen MR) is 84.5 cm³/mol. The van der Waals surface area contributed by atoms with E-state index in [2.05, 4.69) is 14.3 Å². The molecule has 0 aliphatic heterocycles. The van der Waals surface area contributed by atoms with Crippen LogP contribution in [0.3, 0.4) is 0 Å². The van der Waals surface area contributed by atoms with Gasteiger partial charge in [0.25, 0.3) is 0 Å². The first-order chi connectivity index (χ1) is 11.1. The third-order valence-electron chi connectivity index (χ3n) is 1.97. The van der Waals surface area contributed by atoms with Gasteiger partial charge in [0.05, 0.1) is 19.2 Å². The fourth-order valence-corrected chi connectivity index (χ4v) is 2.55. The maximum absolute atomic E-state index is 11.7. The van der Waals surface area contributed by atoms with Crippen LogP contribution in [0, 0.1) is 0 Å². The normalized spacial score (nSPS) is 11.8. The van der Waals surface area contributed by atoms with Gasteiger partial charge in [-0.2, -0.15) is 8.42 Å². The molecule has 0 fully saturated rings. The van der Waals surface area contributed by atoms with E-state index in [4.69, 9.17) is 13.7 Å². The van der Waals surface area contributed by atoms with Crippen molar-refractivity contribution in [2.45, 2.75) is 26.4 Å². The van der Waals surface area contributed by atoms with Crippen LogP contribution in [0.5, 0.6) is 11.5 Å². The molecule has 0 aliphatic carbocycles. The number of rotatable bonds is 8. The molecule has 136 valence electrons. The Kier molecular flexibility index (Phi) is 7.76. The number of carbonyl (C=O) groups excluding carboxylic acids is 1. The van der Waals surface area contributed by atoms with Gasteiger partial charge < -0.3 is 13.7 Å². The Hall–Kier alpha value is -1.53. The Morgan fingerprint density at radius 2 is 1.71 bits per heavy atom. The lowest BCUT2D eigenvalue weighted by atomic mass is 10.2. The minimum Gasteiger partial charge on any atom is -0.428 e. The van der Waals surface area contributed by atoms with Crippen LogP contribution < -0.4 is 8.92 Å². The van der Waals surface area contributed by atoms with Crippen molar-refractivity contribution >= 4 is 28.3 Å². The summed E-state index contributed by atoms with van der Waals surface area (Å²) in [6.45, 7) is 5.11. The fraction of sp³-hybridized carbons (Fsp3) is 0.462. The van der Waals surface area contributed by atoms with Crippen molar-refractivity contribution in [1.29, 1.82) is 0 Å². The van der Waals surface area contributed by atoms with E-state index in [1.165, 1.54) is 31.4 Å². The molecule has 1 rings (SSSR count). The van der Waals surface area contributed by atoms with Crippen LogP contribution in [-0.4, -0.2) is 32.4 Å². The van der Waals surface area contributed by atoms with Crippen LogP contribution >= 0.6 is 12.0 Å². The van der Waals surface area contributed by atoms with Gasteiger partial charge in [-0.25, -0.2) is 9.68 Å². The molecule has 0 amide bonds. The van der Waals surface area contributed by atoms with Crippen LogP contribution in [0.4, 0.5) is 4.79 Å². The summed E-state index contributed by atoms with van der Waals surface area (Å²) >= 11 is 0.475. The van der Waals surface area contributed by atoms with Crippen LogP contribution in [0.1, 0.15) is 20.8 Å². The first-order valence-corrected chi connectivity index (χ1v) is 9.02. The predicted octanol–water partition coefficient (Wildman–Crippen LogP) is 2.82. The number of benzene rings is 1. The Labute approximate surface area is 144 Å². The van der Waals surface area contributed by atoms with Gasteiger partial charge in [-0.1, -0.05) is 5.04 Å². The molecule has 0 spiro atoms. The summed E-state index contributed by atoms with van der Waals surface area (Å²) in [7, 11) is -2.70. The fourth-order valence-electron chi connectivity index (χ4n) is 1.23. The second-order valence-corrected chi connectivity index (χ2v) is 7.81. The summed E-state index contributed by atoms with van der Waals surface area (Å²) in [4.78, 5) is 15.6. The second-order valence-electron chi connectivity index (χ2n) is 5.22. The third-order valence-corrected chi connectivity index (χ3v) is 4.11. The molecule has 0 atom stereocenters. The van der Waals surface area contributed by atoms with Crippen LogP contribution in [0.2, 0.25) is 0 Å². The largest absolute Gasteiger partial charge is 0.514 e. The first kappa shape index (κ1) is 20.5. The lowest BCUT2D eigenvalue weighted by molar-refractivity contribution is -0.447. The molecule has 0 aromatic heterocycles. The van der Waals surface area contributed by atoms with Gasteiger partial charge in [-0.05, 0) is 45.0 Å². The summed E-state index contributed by atoms with van der Waals surface area (Å²) in [6.07, 6.45) is -0.865. The number of hydrogen-bond acceptors (Lipinski definition) is 10. The number of carbonyl (C=O) groups is 1. The molecule has 0 bridgehead atoms. The Morgan fingerprint density at radius 3 is 2.25 bits per heavy atom. The van der Waals surface area contributed by atoms with Crippen LogP contribution in [-0.2, 0) is 29.1 Å². The Balaban J connectivity index is 2.53. The first-order valence-electron chi connectivity index (χ1n) is 6.53. The highest BCUT2D eigenvalue weighted by Crippen LogP contribution is 2.21. The van der Waals surface area contributed by atoms with Crippen molar-refractivity contribution in [3.63, 3.8) is 0 Å². The zero-order chi connectivity index (χ0) is 18.2. The Morgan fingerprint density at radius 1 is 1.12 bits per heavy atom. The average Bonchev–Trinajstić information content (AvgIpc) is 2.43. The van der Waals surface area contributed by atoms with Gasteiger partial charge in [-0.15, -0.1) is 4.33 Å². The highest BCUT2D eigenvalue weighted by molar-refractivity contribution is 8.08. The molecule has 0 N–H and O–H groups in total. The molecule has 1 aromatic carbocycles. The van der Waals surface area contributed by atoms with Gasteiger partial charge in [0.1, 0.15) is 17.1 Å². The van der Waals surface area contributed by atoms with Crippen molar-refractivity contribution in [2.24, 2.45) is 0 Å². The molecule has 11 heteroatoms. The highest BCUT2D eigenvalue weighted by Gasteiger charge is 2.18. The van der Waals surface area contributed by atoms with Crippen LogP contribution in [0.25, 0.3) is 0 Å². The van der Waals surface area contributed by atoms with Gasteiger partial charge in [0, 0.05) is 0 Å². The van der Waals surface area contributed by atoms with Gasteiger partial charge >= 0.3 is 16.3 Å². The minimum absolute atomic E-state index is 0.0415.